The van der Waals surface area contributed by atoms with E-state index in [2.05, 4.69) is 5.32 Å². The van der Waals surface area contributed by atoms with E-state index in [9.17, 15) is 19.5 Å². The molecular formula is C28H27NO7. The highest BCUT2D eigenvalue weighted by molar-refractivity contribution is 5.95. The lowest BCUT2D eigenvalue weighted by Gasteiger charge is -2.17. The van der Waals surface area contributed by atoms with Crippen LogP contribution < -0.4 is 15.5 Å². The van der Waals surface area contributed by atoms with Crippen molar-refractivity contribution in [3.63, 3.8) is 0 Å². The molecule has 2 N–H and O–H groups in total. The molecule has 0 fully saturated rings. The van der Waals surface area contributed by atoms with Crippen molar-refractivity contribution < 1.29 is 28.6 Å². The van der Waals surface area contributed by atoms with Crippen LogP contribution in [0.25, 0.3) is 21.9 Å². The number of ether oxygens (including phenoxy) is 2. The van der Waals surface area contributed by atoms with Crippen LogP contribution >= 0.6 is 0 Å². The first-order valence-electron chi connectivity index (χ1n) is 11.8. The summed E-state index contributed by atoms with van der Waals surface area (Å²) in [7, 11) is 0. The number of hydrogen-bond acceptors (Lipinski definition) is 7. The van der Waals surface area contributed by atoms with Gasteiger partial charge in [0.1, 0.15) is 40.7 Å². The van der Waals surface area contributed by atoms with Gasteiger partial charge in [0.05, 0.1) is 5.39 Å². The standard InChI is InChI=1S/C28H27NO7/c1-3-4-13-21(29-28(33)34-16-18-10-6-5-7-11-18)27(32)35-19-14-22(30)24-23(15-19)36-26-17(2)9-8-12-20(26)25(24)31/h5-12,14-15,21,30H,3-4,13,16H2,1-2H3,(H,29,33). The zero-order valence-corrected chi connectivity index (χ0v) is 20.1. The van der Waals surface area contributed by atoms with Gasteiger partial charge in [-0.15, -0.1) is 0 Å². The van der Waals surface area contributed by atoms with E-state index >= 15 is 0 Å². The number of phenols is 1. The fraction of sp³-hybridized carbons (Fsp3) is 0.250. The van der Waals surface area contributed by atoms with Crippen LogP contribution in [-0.4, -0.2) is 23.2 Å². The van der Waals surface area contributed by atoms with Gasteiger partial charge in [0.2, 0.25) is 5.43 Å². The molecule has 36 heavy (non-hydrogen) atoms. The van der Waals surface area contributed by atoms with Crippen LogP contribution in [0.4, 0.5) is 4.79 Å². The maximum absolute atomic E-state index is 12.9. The van der Waals surface area contributed by atoms with E-state index in [0.717, 1.165) is 17.5 Å². The number of phenolic OH excluding ortho intramolecular Hbond substituents is 1. The molecule has 8 nitrogen and oxygen atoms in total. The van der Waals surface area contributed by atoms with Gasteiger partial charge in [-0.2, -0.15) is 0 Å². The number of amides is 1. The van der Waals surface area contributed by atoms with Crippen molar-refractivity contribution in [1.29, 1.82) is 0 Å². The van der Waals surface area contributed by atoms with Gasteiger partial charge in [-0.3, -0.25) is 4.79 Å². The summed E-state index contributed by atoms with van der Waals surface area (Å²) in [6, 6.07) is 16.0. The topological polar surface area (TPSA) is 115 Å². The smallest absolute Gasteiger partial charge is 0.408 e. The number of hydrogen-bond donors (Lipinski definition) is 2. The summed E-state index contributed by atoms with van der Waals surface area (Å²) < 4.78 is 16.6. The quantitative estimate of drug-likeness (QED) is 0.195. The van der Waals surface area contributed by atoms with Gasteiger partial charge in [0.25, 0.3) is 0 Å². The predicted molar refractivity (Wildman–Crippen MR) is 135 cm³/mol. The molecule has 0 aliphatic rings. The summed E-state index contributed by atoms with van der Waals surface area (Å²) >= 11 is 0. The Bertz CT molecular complexity index is 1460. The minimum Gasteiger partial charge on any atom is -0.507 e. The van der Waals surface area contributed by atoms with Crippen LogP contribution in [0.1, 0.15) is 37.3 Å². The first kappa shape index (κ1) is 24.8. The Hall–Kier alpha value is -4.33. The third kappa shape index (κ3) is 5.49. The maximum Gasteiger partial charge on any atom is 0.408 e. The van der Waals surface area contributed by atoms with E-state index in [0.29, 0.717) is 23.8 Å². The van der Waals surface area contributed by atoms with E-state index in [1.165, 1.54) is 12.1 Å². The second kappa shape index (κ2) is 10.9. The molecule has 1 atom stereocenters. The summed E-state index contributed by atoms with van der Waals surface area (Å²) in [5, 5.41) is 13.4. The molecule has 4 aromatic rings. The lowest BCUT2D eigenvalue weighted by atomic mass is 10.1. The molecule has 1 heterocycles. The fourth-order valence-electron chi connectivity index (χ4n) is 3.91. The molecule has 186 valence electrons. The van der Waals surface area contributed by atoms with Crippen LogP contribution in [0, 0.1) is 6.92 Å². The molecule has 0 radical (unpaired) electrons. The number of aryl methyl sites for hydroxylation is 1. The van der Waals surface area contributed by atoms with Crippen LogP contribution in [0.3, 0.4) is 0 Å². The van der Waals surface area contributed by atoms with Crippen molar-refractivity contribution in [3.8, 4) is 11.5 Å². The molecule has 8 heteroatoms. The second-order valence-corrected chi connectivity index (χ2v) is 8.52. The average Bonchev–Trinajstić information content (AvgIpc) is 2.86. The molecule has 0 saturated heterocycles. The highest BCUT2D eigenvalue weighted by Gasteiger charge is 2.24. The van der Waals surface area contributed by atoms with Gasteiger partial charge >= 0.3 is 12.1 Å². The lowest BCUT2D eigenvalue weighted by molar-refractivity contribution is -0.136. The number of fused-ring (bicyclic) bond motifs is 2. The molecule has 0 aliphatic heterocycles. The predicted octanol–water partition coefficient (Wildman–Crippen LogP) is 5.35. The number of unbranched alkanes of at least 4 members (excludes halogenated alkanes) is 1. The van der Waals surface area contributed by atoms with Crippen LogP contribution in [0.15, 0.2) is 69.9 Å². The van der Waals surface area contributed by atoms with E-state index < -0.39 is 18.1 Å². The van der Waals surface area contributed by atoms with Crippen LogP contribution in [-0.2, 0) is 16.1 Å². The highest BCUT2D eigenvalue weighted by Crippen LogP contribution is 2.31. The summed E-state index contributed by atoms with van der Waals surface area (Å²) in [6.07, 6.45) is 1.07. The molecule has 0 saturated carbocycles. The van der Waals surface area contributed by atoms with Gasteiger partial charge in [-0.1, -0.05) is 62.2 Å². The second-order valence-electron chi connectivity index (χ2n) is 8.52. The minimum absolute atomic E-state index is 0.00181. The van der Waals surface area contributed by atoms with Gasteiger partial charge in [0, 0.05) is 12.1 Å². The van der Waals surface area contributed by atoms with Gasteiger partial charge in [0.15, 0.2) is 0 Å². The Morgan fingerprint density at radius 2 is 1.86 bits per heavy atom. The monoisotopic (exact) mass is 489 g/mol. The van der Waals surface area contributed by atoms with Gasteiger partial charge in [-0.05, 0) is 30.5 Å². The van der Waals surface area contributed by atoms with Crippen molar-refractivity contribution in [2.45, 2.75) is 45.8 Å². The Labute approximate surface area is 207 Å². The van der Waals surface area contributed by atoms with Crippen LogP contribution in [0.5, 0.6) is 11.5 Å². The number of nitrogens with one attached hydrogen (secondary N) is 1. The number of rotatable bonds is 8. The van der Waals surface area contributed by atoms with Crippen molar-refractivity contribution >= 4 is 34.0 Å². The Balaban J connectivity index is 1.54. The zero-order chi connectivity index (χ0) is 25.7. The number of esters is 1. The summed E-state index contributed by atoms with van der Waals surface area (Å²) in [6.45, 7) is 3.83. The largest absolute Gasteiger partial charge is 0.507 e. The first-order chi connectivity index (χ1) is 17.4. The lowest BCUT2D eigenvalue weighted by Crippen LogP contribution is -2.43. The number of carbonyl (C=O) groups excluding carboxylic acids is 2. The molecule has 0 bridgehead atoms. The minimum atomic E-state index is -0.961. The summed E-state index contributed by atoms with van der Waals surface area (Å²) in [4.78, 5) is 38.2. The molecule has 0 spiro atoms. The fourth-order valence-corrected chi connectivity index (χ4v) is 3.91. The molecule has 1 amide bonds. The van der Waals surface area contributed by atoms with E-state index in [1.807, 2.05) is 50.2 Å². The summed E-state index contributed by atoms with van der Waals surface area (Å²) in [5.74, 6) is -1.10. The SMILES string of the molecule is CCCCC(NC(=O)OCc1ccccc1)C(=O)Oc1cc(O)c2c(=O)c3cccc(C)c3oc2c1. The Morgan fingerprint density at radius 3 is 2.61 bits per heavy atom. The molecule has 3 aromatic carbocycles. The first-order valence-corrected chi connectivity index (χ1v) is 11.8. The van der Waals surface area contributed by atoms with Crippen molar-refractivity contribution in [3.05, 3.63) is 82.0 Å². The maximum atomic E-state index is 12.9. The highest BCUT2D eigenvalue weighted by atomic mass is 16.6. The van der Waals surface area contributed by atoms with Gasteiger partial charge < -0.3 is 24.3 Å². The molecule has 0 aliphatic carbocycles. The van der Waals surface area contributed by atoms with E-state index in [1.54, 1.807) is 12.1 Å². The van der Waals surface area contributed by atoms with Crippen molar-refractivity contribution in [1.82, 2.24) is 5.32 Å². The molecule has 4 rings (SSSR count). The third-order valence-corrected chi connectivity index (χ3v) is 5.80. The van der Waals surface area contributed by atoms with Crippen molar-refractivity contribution in [2.24, 2.45) is 0 Å². The number of alkyl carbamates (subject to hydrolysis) is 1. The van der Waals surface area contributed by atoms with Crippen LogP contribution in [0.2, 0.25) is 0 Å². The molecule has 1 aromatic heterocycles. The number of carbonyl (C=O) groups is 2. The molecular weight excluding hydrogens is 462 g/mol. The van der Waals surface area contributed by atoms with E-state index in [4.69, 9.17) is 13.9 Å². The summed E-state index contributed by atoms with van der Waals surface area (Å²) in [5.41, 5.74) is 1.67. The third-order valence-electron chi connectivity index (χ3n) is 5.80. The Kier molecular flexibility index (Phi) is 7.53. The molecule has 1 unspecified atom stereocenters. The Morgan fingerprint density at radius 1 is 1.08 bits per heavy atom. The van der Waals surface area contributed by atoms with Gasteiger partial charge in [-0.25, -0.2) is 9.59 Å². The zero-order valence-electron chi connectivity index (χ0n) is 20.1. The normalized spacial score (nSPS) is 11.8. The van der Waals surface area contributed by atoms with Crippen molar-refractivity contribution in [2.75, 3.05) is 0 Å². The number of para-hydroxylation sites is 1. The van der Waals surface area contributed by atoms with E-state index in [-0.39, 0.29) is 34.5 Å². The number of aromatic hydroxyl groups is 1. The number of benzene rings is 3. The average molecular weight is 490 g/mol.